The van der Waals surface area contributed by atoms with Crippen molar-refractivity contribution in [1.29, 1.82) is 0 Å². The highest BCUT2D eigenvalue weighted by molar-refractivity contribution is 5.36. The molecular weight excluding hydrogens is 224 g/mol. The smallest absolute Gasteiger partial charge is 0.0725 e. The van der Waals surface area contributed by atoms with Gasteiger partial charge in [0, 0.05) is 0 Å². The standard InChI is InChI=1S/C16H24O2/c1-11-8-12(2)16(13(3)9-11)10-18-15-6-4-14(17)5-7-15/h8-9,14-15,17H,4-7,10H2,1-3H3. The lowest BCUT2D eigenvalue weighted by Gasteiger charge is -2.26. The Hall–Kier alpha value is -0.860. The van der Waals surface area contributed by atoms with E-state index in [1.165, 1.54) is 22.3 Å². The average Bonchev–Trinajstić information content (AvgIpc) is 2.30. The van der Waals surface area contributed by atoms with E-state index in [0.29, 0.717) is 12.7 Å². The molecule has 1 aromatic carbocycles. The van der Waals surface area contributed by atoms with Crippen molar-refractivity contribution in [2.75, 3.05) is 0 Å². The van der Waals surface area contributed by atoms with Gasteiger partial charge in [-0.25, -0.2) is 0 Å². The molecule has 1 N–H and O–H groups in total. The Morgan fingerprint density at radius 3 is 2.17 bits per heavy atom. The minimum atomic E-state index is -0.104. The first-order chi connectivity index (χ1) is 8.56. The number of aliphatic hydroxyl groups is 1. The molecule has 0 spiro atoms. The van der Waals surface area contributed by atoms with Crippen LogP contribution in [0.3, 0.4) is 0 Å². The molecule has 1 saturated carbocycles. The summed E-state index contributed by atoms with van der Waals surface area (Å²) < 4.78 is 6.01. The molecule has 1 fully saturated rings. The van der Waals surface area contributed by atoms with Crippen molar-refractivity contribution in [3.63, 3.8) is 0 Å². The van der Waals surface area contributed by atoms with Gasteiger partial charge in [0.15, 0.2) is 0 Å². The van der Waals surface area contributed by atoms with Gasteiger partial charge < -0.3 is 9.84 Å². The van der Waals surface area contributed by atoms with Crippen LogP contribution in [-0.2, 0) is 11.3 Å². The Bertz CT molecular complexity index is 381. The van der Waals surface area contributed by atoms with Crippen LogP contribution < -0.4 is 0 Å². The van der Waals surface area contributed by atoms with Gasteiger partial charge in [0.05, 0.1) is 18.8 Å². The second-order valence-corrected chi connectivity index (χ2v) is 5.62. The Balaban J connectivity index is 1.94. The van der Waals surface area contributed by atoms with E-state index >= 15 is 0 Å². The zero-order chi connectivity index (χ0) is 13.1. The number of hydrogen-bond acceptors (Lipinski definition) is 2. The van der Waals surface area contributed by atoms with Crippen LogP contribution in [0.5, 0.6) is 0 Å². The Morgan fingerprint density at radius 2 is 1.61 bits per heavy atom. The molecule has 0 bridgehead atoms. The third kappa shape index (κ3) is 3.33. The first kappa shape index (κ1) is 13.6. The lowest BCUT2D eigenvalue weighted by atomic mass is 9.95. The van der Waals surface area contributed by atoms with Crippen LogP contribution in [0.1, 0.15) is 47.9 Å². The highest BCUT2D eigenvalue weighted by Gasteiger charge is 2.20. The Morgan fingerprint density at radius 1 is 1.06 bits per heavy atom. The summed E-state index contributed by atoms with van der Waals surface area (Å²) in [6.45, 7) is 7.15. The summed E-state index contributed by atoms with van der Waals surface area (Å²) in [5.41, 5.74) is 5.29. The molecule has 0 saturated heterocycles. The summed E-state index contributed by atoms with van der Waals surface area (Å²) in [6.07, 6.45) is 3.98. The molecule has 0 heterocycles. The summed E-state index contributed by atoms with van der Waals surface area (Å²) in [5.74, 6) is 0. The van der Waals surface area contributed by atoms with Crippen LogP contribution in [0.2, 0.25) is 0 Å². The van der Waals surface area contributed by atoms with Gasteiger partial charge in [-0.15, -0.1) is 0 Å². The third-order valence-corrected chi connectivity index (χ3v) is 3.95. The van der Waals surface area contributed by atoms with Crippen LogP contribution >= 0.6 is 0 Å². The van der Waals surface area contributed by atoms with Gasteiger partial charge in [-0.3, -0.25) is 0 Å². The molecule has 1 aromatic rings. The van der Waals surface area contributed by atoms with E-state index < -0.39 is 0 Å². The number of rotatable bonds is 3. The molecule has 0 amide bonds. The average molecular weight is 248 g/mol. The van der Waals surface area contributed by atoms with Gasteiger partial charge in [0.25, 0.3) is 0 Å². The molecule has 0 aliphatic heterocycles. The molecule has 2 nitrogen and oxygen atoms in total. The number of hydrogen-bond donors (Lipinski definition) is 1. The quantitative estimate of drug-likeness (QED) is 0.888. The van der Waals surface area contributed by atoms with Gasteiger partial charge in [-0.1, -0.05) is 17.7 Å². The van der Waals surface area contributed by atoms with Gasteiger partial charge >= 0.3 is 0 Å². The van der Waals surface area contributed by atoms with Crippen molar-refractivity contribution in [1.82, 2.24) is 0 Å². The summed E-state index contributed by atoms with van der Waals surface area (Å²) in [7, 11) is 0. The minimum Gasteiger partial charge on any atom is -0.393 e. The van der Waals surface area contributed by atoms with Crippen LogP contribution in [0, 0.1) is 20.8 Å². The van der Waals surface area contributed by atoms with Crippen molar-refractivity contribution in [3.8, 4) is 0 Å². The fourth-order valence-corrected chi connectivity index (χ4v) is 2.85. The minimum absolute atomic E-state index is 0.104. The third-order valence-electron chi connectivity index (χ3n) is 3.95. The number of benzene rings is 1. The highest BCUT2D eigenvalue weighted by Crippen LogP contribution is 2.24. The predicted molar refractivity (Wildman–Crippen MR) is 73.7 cm³/mol. The van der Waals surface area contributed by atoms with Gasteiger partial charge in [-0.05, 0) is 63.1 Å². The zero-order valence-electron chi connectivity index (χ0n) is 11.7. The maximum atomic E-state index is 9.48. The van der Waals surface area contributed by atoms with E-state index in [4.69, 9.17) is 4.74 Å². The Kier molecular flexibility index (Phi) is 4.41. The maximum Gasteiger partial charge on any atom is 0.0725 e. The first-order valence-electron chi connectivity index (χ1n) is 6.92. The SMILES string of the molecule is Cc1cc(C)c(COC2CCC(O)CC2)c(C)c1. The number of aryl methyl sites for hydroxylation is 3. The molecule has 18 heavy (non-hydrogen) atoms. The second-order valence-electron chi connectivity index (χ2n) is 5.62. The van der Waals surface area contributed by atoms with Crippen molar-refractivity contribution in [2.24, 2.45) is 0 Å². The maximum absolute atomic E-state index is 9.48. The zero-order valence-corrected chi connectivity index (χ0v) is 11.7. The van der Waals surface area contributed by atoms with Crippen molar-refractivity contribution in [3.05, 3.63) is 34.4 Å². The molecule has 1 aliphatic carbocycles. The Labute approximate surface area is 110 Å². The van der Waals surface area contributed by atoms with E-state index in [1.54, 1.807) is 0 Å². The van der Waals surface area contributed by atoms with Crippen LogP contribution in [0.25, 0.3) is 0 Å². The van der Waals surface area contributed by atoms with E-state index in [2.05, 4.69) is 32.9 Å². The van der Waals surface area contributed by atoms with Crippen molar-refractivity contribution >= 4 is 0 Å². The van der Waals surface area contributed by atoms with Crippen LogP contribution in [0.15, 0.2) is 12.1 Å². The lowest BCUT2D eigenvalue weighted by Crippen LogP contribution is -2.24. The summed E-state index contributed by atoms with van der Waals surface area (Å²) in [4.78, 5) is 0. The van der Waals surface area contributed by atoms with Crippen LogP contribution in [-0.4, -0.2) is 17.3 Å². The van der Waals surface area contributed by atoms with E-state index in [1.807, 2.05) is 0 Å². The van der Waals surface area contributed by atoms with E-state index in [-0.39, 0.29) is 6.10 Å². The first-order valence-corrected chi connectivity index (χ1v) is 6.92. The molecule has 100 valence electrons. The highest BCUT2D eigenvalue weighted by atomic mass is 16.5. The molecule has 2 heteroatoms. The summed E-state index contributed by atoms with van der Waals surface area (Å²) in [5, 5.41) is 9.48. The van der Waals surface area contributed by atoms with Gasteiger partial charge in [0.1, 0.15) is 0 Å². The van der Waals surface area contributed by atoms with Gasteiger partial charge in [-0.2, -0.15) is 0 Å². The molecule has 0 aromatic heterocycles. The van der Waals surface area contributed by atoms with Crippen molar-refractivity contribution < 1.29 is 9.84 Å². The van der Waals surface area contributed by atoms with Crippen molar-refractivity contribution in [2.45, 2.75) is 65.3 Å². The van der Waals surface area contributed by atoms with Gasteiger partial charge in [0.2, 0.25) is 0 Å². The second kappa shape index (κ2) is 5.85. The fourth-order valence-electron chi connectivity index (χ4n) is 2.85. The predicted octanol–water partition coefficient (Wildman–Crippen LogP) is 3.43. The monoisotopic (exact) mass is 248 g/mol. The largest absolute Gasteiger partial charge is 0.393 e. The molecule has 0 unspecified atom stereocenters. The topological polar surface area (TPSA) is 29.5 Å². The van der Waals surface area contributed by atoms with E-state index in [9.17, 15) is 5.11 Å². The summed E-state index contributed by atoms with van der Waals surface area (Å²) in [6, 6.07) is 4.44. The summed E-state index contributed by atoms with van der Waals surface area (Å²) >= 11 is 0. The number of ether oxygens (including phenoxy) is 1. The molecule has 0 atom stereocenters. The number of aliphatic hydroxyl groups excluding tert-OH is 1. The molecular formula is C16H24O2. The molecule has 1 aliphatic rings. The molecule has 0 radical (unpaired) electrons. The normalized spacial score (nSPS) is 24.2. The van der Waals surface area contributed by atoms with Crippen LogP contribution in [0.4, 0.5) is 0 Å². The fraction of sp³-hybridized carbons (Fsp3) is 0.625. The lowest BCUT2D eigenvalue weighted by molar-refractivity contribution is -0.0121. The molecule has 2 rings (SSSR count). The van der Waals surface area contributed by atoms with E-state index in [0.717, 1.165) is 25.7 Å².